The first-order chi connectivity index (χ1) is 2.27. The molecule has 0 heterocycles. The molecule has 3 nitrogen and oxygen atoms in total. The molecule has 10 heavy (non-hydrogen) atoms. The SMILES string of the molecule is [CH3-].[CH3-].[H-].[Mg+2].[Mg+2].[Mg+2].[O-]CB([O-])[O-]. The first kappa shape index (κ1) is 39.7. The summed E-state index contributed by atoms with van der Waals surface area (Å²) in [6.07, 6.45) is 0. The minimum absolute atomic E-state index is 0. The fourth-order valence-electron chi connectivity index (χ4n) is 0. The molecule has 0 amide bonds. The van der Waals surface area contributed by atoms with Crippen LogP contribution >= 0.6 is 0 Å². The summed E-state index contributed by atoms with van der Waals surface area (Å²) in [4.78, 5) is 0. The van der Waals surface area contributed by atoms with Gasteiger partial charge >= 0.3 is 69.2 Å². The van der Waals surface area contributed by atoms with E-state index in [0.29, 0.717) is 0 Å². The molecule has 0 aliphatic rings. The van der Waals surface area contributed by atoms with Gasteiger partial charge in [0.1, 0.15) is 0 Å². The van der Waals surface area contributed by atoms with Crippen molar-refractivity contribution in [2.24, 2.45) is 0 Å². The van der Waals surface area contributed by atoms with Crippen LogP contribution in [0, 0.1) is 14.9 Å². The number of rotatable bonds is 1. The van der Waals surface area contributed by atoms with Crippen molar-refractivity contribution in [3.8, 4) is 0 Å². The van der Waals surface area contributed by atoms with Gasteiger partial charge in [-0.2, -0.15) is 0 Å². The quantitative estimate of drug-likeness (QED) is 0.302. The molecular formula is C3H9BMg3O3. The van der Waals surface area contributed by atoms with Crippen molar-refractivity contribution in [1.29, 1.82) is 0 Å². The summed E-state index contributed by atoms with van der Waals surface area (Å²) in [6.45, 7) is -1.06. The van der Waals surface area contributed by atoms with Crippen molar-refractivity contribution in [3.63, 3.8) is 0 Å². The molecule has 0 unspecified atom stereocenters. The van der Waals surface area contributed by atoms with Crippen LogP contribution in [0.2, 0.25) is 0 Å². The molecule has 48 valence electrons. The molecule has 0 saturated heterocycles. The van der Waals surface area contributed by atoms with Gasteiger partial charge in [0.25, 0.3) is 0 Å². The molecular weight excluding hydrogens is 168 g/mol. The molecule has 0 atom stereocenters. The topological polar surface area (TPSA) is 69.2 Å². The standard InChI is InChI=1S/CH2BO3.2CH3.3Mg.H/c3-1-2(4)5;;;;;;/h1H2;2*1H3;;;;/q-3;2*-1;3*+2;-1. The minimum Gasteiger partial charge on any atom is -1.00 e. The van der Waals surface area contributed by atoms with Crippen molar-refractivity contribution >= 4 is 76.3 Å². The largest absolute Gasteiger partial charge is 2.00 e. The van der Waals surface area contributed by atoms with E-state index in [-0.39, 0.29) is 85.4 Å². The first-order valence-corrected chi connectivity index (χ1v) is 1.17. The molecule has 0 aromatic heterocycles. The minimum atomic E-state index is -2.17. The van der Waals surface area contributed by atoms with E-state index in [2.05, 4.69) is 0 Å². The summed E-state index contributed by atoms with van der Waals surface area (Å²) in [7, 11) is -2.17. The van der Waals surface area contributed by atoms with Gasteiger partial charge in [0.2, 0.25) is 0 Å². The van der Waals surface area contributed by atoms with Crippen LogP contribution in [0.25, 0.3) is 0 Å². The summed E-state index contributed by atoms with van der Waals surface area (Å²) in [5, 5.41) is 27.1. The van der Waals surface area contributed by atoms with E-state index in [1.165, 1.54) is 0 Å². The van der Waals surface area contributed by atoms with E-state index in [1.807, 2.05) is 0 Å². The normalized spacial score (nSPS) is 3.90. The van der Waals surface area contributed by atoms with Crippen LogP contribution in [0.3, 0.4) is 0 Å². The van der Waals surface area contributed by atoms with Gasteiger partial charge in [0, 0.05) is 0 Å². The van der Waals surface area contributed by atoms with Crippen LogP contribution in [0.15, 0.2) is 0 Å². The van der Waals surface area contributed by atoms with Crippen LogP contribution in [0.5, 0.6) is 0 Å². The van der Waals surface area contributed by atoms with Gasteiger partial charge in [-0.25, -0.2) is 6.51 Å². The van der Waals surface area contributed by atoms with E-state index in [9.17, 15) is 0 Å². The summed E-state index contributed by atoms with van der Waals surface area (Å²) < 4.78 is 0. The monoisotopic (exact) mass is 176 g/mol. The molecule has 0 aromatic rings. The van der Waals surface area contributed by atoms with E-state index in [4.69, 9.17) is 15.2 Å². The average Bonchev–Trinajstić information content (AvgIpc) is 1.38. The average molecular weight is 177 g/mol. The van der Waals surface area contributed by atoms with Crippen molar-refractivity contribution in [3.05, 3.63) is 14.9 Å². The Labute approximate surface area is 113 Å². The van der Waals surface area contributed by atoms with Crippen molar-refractivity contribution in [2.75, 3.05) is 6.51 Å². The molecule has 0 aliphatic heterocycles. The van der Waals surface area contributed by atoms with Crippen molar-refractivity contribution < 1.29 is 16.6 Å². The molecule has 0 aliphatic carbocycles. The smallest absolute Gasteiger partial charge is 1.00 e. The predicted octanol–water partition coefficient (Wildman–Crippen LogP) is -4.03. The second-order valence-electron chi connectivity index (χ2n) is 0.596. The zero-order valence-electron chi connectivity index (χ0n) is 7.63. The van der Waals surface area contributed by atoms with E-state index in [0.717, 1.165) is 0 Å². The van der Waals surface area contributed by atoms with Gasteiger partial charge in [-0.05, 0) is 0 Å². The Morgan fingerprint density at radius 3 is 1.10 bits per heavy atom. The summed E-state index contributed by atoms with van der Waals surface area (Å²) in [5.41, 5.74) is 0. The molecule has 0 saturated carbocycles. The molecule has 7 heteroatoms. The van der Waals surface area contributed by atoms with E-state index < -0.39 is 13.6 Å². The van der Waals surface area contributed by atoms with Gasteiger partial charge in [-0.3, -0.25) is 0 Å². The third-order valence-corrected chi connectivity index (χ3v) is 0.136. The Balaban J connectivity index is -0.00000000533. The van der Waals surface area contributed by atoms with Crippen LogP contribution in [-0.4, -0.2) is 82.8 Å². The van der Waals surface area contributed by atoms with E-state index >= 15 is 0 Å². The van der Waals surface area contributed by atoms with Gasteiger partial charge < -0.3 is 31.4 Å². The first-order valence-electron chi connectivity index (χ1n) is 1.17. The second-order valence-corrected chi connectivity index (χ2v) is 0.596. The van der Waals surface area contributed by atoms with Gasteiger partial charge in [-0.1, -0.05) is 0 Å². The number of hydrogen-bond acceptors (Lipinski definition) is 3. The second kappa shape index (κ2) is 30.3. The van der Waals surface area contributed by atoms with E-state index in [1.54, 1.807) is 0 Å². The molecule has 0 spiro atoms. The summed E-state index contributed by atoms with van der Waals surface area (Å²) in [5.74, 6) is 0. The van der Waals surface area contributed by atoms with Gasteiger partial charge in [-0.15, -0.1) is 7.12 Å². The Kier molecular flexibility index (Phi) is 120. The molecule has 0 radical (unpaired) electrons. The molecule has 0 N–H and O–H groups in total. The van der Waals surface area contributed by atoms with Crippen molar-refractivity contribution in [1.82, 2.24) is 0 Å². The van der Waals surface area contributed by atoms with Crippen LogP contribution < -0.4 is 15.2 Å². The zero-order chi connectivity index (χ0) is 4.28. The van der Waals surface area contributed by atoms with Crippen LogP contribution in [0.1, 0.15) is 1.43 Å². The Bertz CT molecular complexity index is 37.8. The maximum absolute atomic E-state index is 9.03. The summed E-state index contributed by atoms with van der Waals surface area (Å²) >= 11 is 0. The van der Waals surface area contributed by atoms with Crippen LogP contribution in [0.4, 0.5) is 0 Å². The van der Waals surface area contributed by atoms with Crippen LogP contribution in [-0.2, 0) is 0 Å². The third kappa shape index (κ3) is 48.6. The summed E-state index contributed by atoms with van der Waals surface area (Å²) in [6, 6.07) is 0. The Hall–Kier alpha value is 2.24. The molecule has 0 fully saturated rings. The fraction of sp³-hybridized carbons (Fsp3) is 0.333. The molecule has 0 bridgehead atoms. The Morgan fingerprint density at radius 1 is 1.00 bits per heavy atom. The van der Waals surface area contributed by atoms with Gasteiger partial charge in [0.05, 0.1) is 0 Å². The zero-order valence-corrected chi connectivity index (χ0v) is 10.9. The van der Waals surface area contributed by atoms with Crippen molar-refractivity contribution in [2.45, 2.75) is 0 Å². The third-order valence-electron chi connectivity index (χ3n) is 0.136. The maximum atomic E-state index is 9.03. The van der Waals surface area contributed by atoms with Gasteiger partial charge in [0.15, 0.2) is 0 Å². The molecule has 0 aromatic carbocycles. The Morgan fingerprint density at radius 2 is 1.10 bits per heavy atom. The fourth-order valence-corrected chi connectivity index (χ4v) is 0. The number of hydrogen-bond donors (Lipinski definition) is 0. The molecule has 0 rings (SSSR count). The maximum Gasteiger partial charge on any atom is 2.00 e. The predicted molar refractivity (Wildman–Crippen MR) is 41.8 cm³/mol.